The van der Waals surface area contributed by atoms with Gasteiger partial charge in [-0.25, -0.2) is 24.5 Å². The predicted molar refractivity (Wildman–Crippen MR) is 139 cm³/mol. The van der Waals surface area contributed by atoms with Crippen molar-refractivity contribution < 1.29 is 19.5 Å². The molecular formula is C24H26N6O4S2. The Bertz CT molecular complexity index is 1270. The Labute approximate surface area is 216 Å². The molecule has 1 aliphatic rings. The zero-order valence-electron chi connectivity index (χ0n) is 19.8. The quantitative estimate of drug-likeness (QED) is 0.123. The minimum absolute atomic E-state index is 0.00676. The molecule has 188 valence electrons. The number of Topliss-reactive ketones (excluding diaryl/α,β-unsaturated/α-hetero) is 1. The molecule has 0 unspecified atom stereocenters. The maximum atomic E-state index is 13.0. The lowest BCUT2D eigenvalue weighted by molar-refractivity contribution is -0.118. The number of thiazole rings is 1. The van der Waals surface area contributed by atoms with Crippen LogP contribution in [0.3, 0.4) is 0 Å². The van der Waals surface area contributed by atoms with E-state index >= 15 is 0 Å². The Morgan fingerprint density at radius 1 is 1.31 bits per heavy atom. The van der Waals surface area contributed by atoms with Gasteiger partial charge in [-0.15, -0.1) is 17.8 Å². The number of ketones is 1. The largest absolute Gasteiger partial charge is 0.477 e. The summed E-state index contributed by atoms with van der Waals surface area (Å²) >= 11 is 2.47. The molecule has 10 nitrogen and oxygen atoms in total. The van der Waals surface area contributed by atoms with Crippen LogP contribution in [0.15, 0.2) is 39.7 Å². The van der Waals surface area contributed by atoms with E-state index in [0.29, 0.717) is 38.6 Å². The zero-order chi connectivity index (χ0) is 26.2. The summed E-state index contributed by atoms with van der Waals surface area (Å²) < 4.78 is 0. The molecule has 0 radical (unpaired) electrons. The van der Waals surface area contributed by atoms with E-state index in [1.54, 1.807) is 25.3 Å². The Balaban J connectivity index is 1.63. The van der Waals surface area contributed by atoms with Crippen LogP contribution in [0, 0.1) is 18.3 Å². The van der Waals surface area contributed by atoms with E-state index in [1.165, 1.54) is 23.1 Å². The van der Waals surface area contributed by atoms with Gasteiger partial charge in [-0.3, -0.25) is 10.1 Å². The molecule has 0 bridgehead atoms. The van der Waals surface area contributed by atoms with Crippen molar-refractivity contribution in [2.24, 2.45) is 5.92 Å². The van der Waals surface area contributed by atoms with Crippen molar-refractivity contribution in [3.63, 3.8) is 0 Å². The number of nitrogens with one attached hydrogen (secondary N) is 2. The van der Waals surface area contributed by atoms with Crippen molar-refractivity contribution in [1.82, 2.24) is 20.3 Å². The van der Waals surface area contributed by atoms with Crippen LogP contribution < -0.4 is 16.4 Å². The average molecular weight is 527 g/mol. The minimum atomic E-state index is -1.19. The van der Waals surface area contributed by atoms with Crippen LogP contribution in [-0.4, -0.2) is 37.8 Å². The number of hydrogen-bond donors (Lipinski definition) is 4. The van der Waals surface area contributed by atoms with Crippen LogP contribution in [0.25, 0.3) is 0 Å². The SMILES string of the molecule is C#C/C(C)=C\C(C(=O)C1CCCC1)=C(/C)NC(=O)Nc1nc(CSc2ncc(C(=O)O)c(N)n2)cs1. The van der Waals surface area contributed by atoms with E-state index in [9.17, 15) is 14.4 Å². The van der Waals surface area contributed by atoms with Crippen molar-refractivity contribution in [3.05, 3.63) is 45.8 Å². The molecule has 0 atom stereocenters. The molecule has 1 aliphatic carbocycles. The molecule has 2 amide bonds. The number of urea groups is 1. The fourth-order valence-corrected chi connectivity index (χ4v) is 5.10. The minimum Gasteiger partial charge on any atom is -0.477 e. The summed E-state index contributed by atoms with van der Waals surface area (Å²) in [6.07, 6.45) is 12.0. The normalized spacial score (nSPS) is 14.6. The Kier molecular flexibility index (Phi) is 9.21. The molecule has 3 rings (SSSR count). The molecule has 1 fully saturated rings. The van der Waals surface area contributed by atoms with Gasteiger partial charge in [-0.1, -0.05) is 30.5 Å². The van der Waals surface area contributed by atoms with Crippen molar-refractivity contribution in [1.29, 1.82) is 0 Å². The summed E-state index contributed by atoms with van der Waals surface area (Å²) in [4.78, 5) is 49.0. The number of amides is 2. The monoisotopic (exact) mass is 526 g/mol. The first-order chi connectivity index (χ1) is 17.2. The van der Waals surface area contributed by atoms with Crippen molar-refractivity contribution >= 4 is 51.8 Å². The van der Waals surface area contributed by atoms with Crippen LogP contribution in [0.4, 0.5) is 15.7 Å². The maximum Gasteiger partial charge on any atom is 0.341 e. The van der Waals surface area contributed by atoms with E-state index in [-0.39, 0.29) is 23.1 Å². The van der Waals surface area contributed by atoms with E-state index < -0.39 is 12.0 Å². The molecule has 5 N–H and O–H groups in total. The molecule has 0 saturated heterocycles. The highest BCUT2D eigenvalue weighted by molar-refractivity contribution is 7.98. The fourth-order valence-electron chi connectivity index (χ4n) is 3.58. The third-order valence-corrected chi connectivity index (χ3v) is 7.13. The number of thioether (sulfide) groups is 1. The zero-order valence-corrected chi connectivity index (χ0v) is 21.5. The fraction of sp³-hybridized carbons (Fsp3) is 0.333. The number of nitrogen functional groups attached to an aromatic ring is 1. The van der Waals surface area contributed by atoms with Crippen molar-refractivity contribution in [3.8, 4) is 12.3 Å². The lowest BCUT2D eigenvalue weighted by Crippen LogP contribution is -2.29. The van der Waals surface area contributed by atoms with Crippen LogP contribution in [-0.2, 0) is 10.5 Å². The first kappa shape index (κ1) is 26.9. The molecule has 0 aromatic carbocycles. The number of terminal acetylenes is 1. The number of carboxylic acids is 1. The van der Waals surface area contributed by atoms with Gasteiger partial charge in [0, 0.05) is 34.5 Å². The summed E-state index contributed by atoms with van der Waals surface area (Å²) in [6, 6.07) is -0.523. The maximum absolute atomic E-state index is 13.0. The number of hydrogen-bond acceptors (Lipinski definition) is 9. The predicted octanol–water partition coefficient (Wildman–Crippen LogP) is 4.24. The molecule has 12 heteroatoms. The third-order valence-electron chi connectivity index (χ3n) is 5.43. The molecule has 2 aromatic rings. The smallest absolute Gasteiger partial charge is 0.341 e. The summed E-state index contributed by atoms with van der Waals surface area (Å²) in [5.41, 5.74) is 7.59. The van der Waals surface area contributed by atoms with Crippen molar-refractivity contribution in [2.45, 2.75) is 50.4 Å². The topological polar surface area (TPSA) is 160 Å². The number of anilines is 2. The Hall–Kier alpha value is -3.69. The molecular weight excluding hydrogens is 500 g/mol. The van der Waals surface area contributed by atoms with E-state index in [4.69, 9.17) is 17.3 Å². The van der Waals surface area contributed by atoms with E-state index in [0.717, 1.165) is 31.9 Å². The average Bonchev–Trinajstić information content (AvgIpc) is 3.52. The van der Waals surface area contributed by atoms with Gasteiger partial charge in [0.1, 0.15) is 11.4 Å². The number of aromatic carboxylic acids is 1. The molecule has 2 aromatic heterocycles. The second kappa shape index (κ2) is 12.3. The van der Waals surface area contributed by atoms with Gasteiger partial charge in [0.25, 0.3) is 0 Å². The van der Waals surface area contributed by atoms with Gasteiger partial charge >= 0.3 is 12.0 Å². The number of rotatable bonds is 9. The van der Waals surface area contributed by atoms with Gasteiger partial charge in [0.15, 0.2) is 16.1 Å². The van der Waals surface area contributed by atoms with Crippen molar-refractivity contribution in [2.75, 3.05) is 11.1 Å². The second-order valence-corrected chi connectivity index (χ2v) is 9.93. The van der Waals surface area contributed by atoms with Crippen LogP contribution >= 0.6 is 23.1 Å². The summed E-state index contributed by atoms with van der Waals surface area (Å²) in [7, 11) is 0. The highest BCUT2D eigenvalue weighted by Crippen LogP contribution is 2.29. The third kappa shape index (κ3) is 7.16. The number of carbonyl (C=O) groups is 3. The summed E-state index contributed by atoms with van der Waals surface area (Å²) in [5, 5.41) is 16.9. The summed E-state index contributed by atoms with van der Waals surface area (Å²) in [5.74, 6) is 1.54. The van der Waals surface area contributed by atoms with Crippen LogP contribution in [0.5, 0.6) is 0 Å². The molecule has 1 saturated carbocycles. The van der Waals surface area contributed by atoms with Gasteiger partial charge < -0.3 is 16.2 Å². The number of allylic oxidation sites excluding steroid dienone is 4. The molecule has 0 aliphatic heterocycles. The number of nitrogens with zero attached hydrogens (tertiary/aromatic N) is 3. The summed E-state index contributed by atoms with van der Waals surface area (Å²) in [6.45, 7) is 3.41. The lowest BCUT2D eigenvalue weighted by atomic mass is 9.93. The lowest BCUT2D eigenvalue weighted by Gasteiger charge is -2.14. The molecule has 2 heterocycles. The molecule has 36 heavy (non-hydrogen) atoms. The molecule has 0 spiro atoms. The highest BCUT2D eigenvalue weighted by atomic mass is 32.2. The number of nitrogens with two attached hydrogens (primary N) is 1. The van der Waals surface area contributed by atoms with E-state index in [2.05, 4.69) is 31.5 Å². The van der Waals surface area contributed by atoms with Gasteiger partial charge in [0.05, 0.1) is 5.69 Å². The van der Waals surface area contributed by atoms with E-state index in [1.807, 2.05) is 0 Å². The Morgan fingerprint density at radius 2 is 2.03 bits per heavy atom. The highest BCUT2D eigenvalue weighted by Gasteiger charge is 2.26. The standard InChI is InChI=1S/C24H26N6O4S2/c1-4-13(2)9-17(19(31)15-7-5-6-8-15)14(3)27-22(34)30-24-28-16(12-36-24)11-35-23-26-10-18(21(32)33)20(25)29-23/h1,9-10,12,15H,5-8,11H2,2-3H3,(H,32,33)(H2,25,26,29)(H2,27,28,30,34)/b13-9-,17-14-. The number of aromatic nitrogens is 3. The second-order valence-electron chi connectivity index (χ2n) is 8.12. The van der Waals surface area contributed by atoms with Crippen LogP contribution in [0.2, 0.25) is 0 Å². The first-order valence-corrected chi connectivity index (χ1v) is 13.0. The number of carbonyl (C=O) groups excluding carboxylic acids is 2. The van der Waals surface area contributed by atoms with Gasteiger partial charge in [0.2, 0.25) is 0 Å². The first-order valence-electron chi connectivity index (χ1n) is 11.1. The Morgan fingerprint density at radius 3 is 2.67 bits per heavy atom. The number of carboxylic acid groups (broad SMARTS) is 1. The van der Waals surface area contributed by atoms with Crippen LogP contribution in [0.1, 0.15) is 55.6 Å². The van der Waals surface area contributed by atoms with Gasteiger partial charge in [-0.2, -0.15) is 0 Å². The van der Waals surface area contributed by atoms with Gasteiger partial charge in [-0.05, 0) is 38.3 Å².